The van der Waals surface area contributed by atoms with Crippen LogP contribution in [0.4, 0.5) is 39.0 Å². The van der Waals surface area contributed by atoms with Gasteiger partial charge < -0.3 is 53.2 Å². The number of H-pyrrole nitrogens is 1. The number of aliphatic hydroxyl groups is 1. The molecule has 6 N–H and O–H groups in total. The number of ether oxygens (including phenoxy) is 1. The second-order valence-corrected chi connectivity index (χ2v) is 18.3. The number of fused-ring (bicyclic) bond motifs is 1. The van der Waals surface area contributed by atoms with Crippen molar-refractivity contribution < 1.29 is 42.4 Å². The van der Waals surface area contributed by atoms with Gasteiger partial charge in [0, 0.05) is 109 Å². The Labute approximate surface area is 436 Å². The summed E-state index contributed by atoms with van der Waals surface area (Å²) in [4.78, 5) is 54.9. The molecule has 1 saturated carbocycles. The molecule has 5 heterocycles. The first kappa shape index (κ1) is 54.9. The van der Waals surface area contributed by atoms with Crippen molar-refractivity contribution in [1.29, 1.82) is 0 Å². The SMILES string of the molecule is CC1=CC(Nc2cc(N3CCN(C)CC3)nc(Sc3ccc(NC(=O)C4CC4)cc3)n2)=NC1.CCN(CCO)CCCOc1ccc2c(Nc3cc(CC(=O)Nc4cccc(F)c4)[nH]n3)ncnc2c1.[CH3-].[V]. The predicted molar refractivity (Wildman–Crippen MR) is 279 cm³/mol. The van der Waals surface area contributed by atoms with Gasteiger partial charge in [0.05, 0.1) is 31.7 Å². The third-order valence-corrected chi connectivity index (χ3v) is 12.5. The Balaban J connectivity index is 0.000000230. The zero-order chi connectivity index (χ0) is 48.8. The summed E-state index contributed by atoms with van der Waals surface area (Å²) >= 11 is 1.52. The number of anilines is 6. The zero-order valence-electron chi connectivity index (χ0n) is 41.1. The van der Waals surface area contributed by atoms with E-state index in [1.165, 1.54) is 41.9 Å². The van der Waals surface area contributed by atoms with Crippen LogP contribution in [-0.4, -0.2) is 135 Å². The Hall–Kier alpha value is -6.42. The number of hydrogen-bond acceptors (Lipinski definition) is 16. The monoisotopic (exact) mass is 1040 g/mol. The summed E-state index contributed by atoms with van der Waals surface area (Å²) in [5.74, 6) is 3.90. The minimum atomic E-state index is -0.417. The maximum absolute atomic E-state index is 13.3. The molecule has 3 aromatic carbocycles. The minimum absolute atomic E-state index is 0. The third-order valence-electron chi connectivity index (χ3n) is 11.6. The third kappa shape index (κ3) is 16.3. The molecule has 0 unspecified atom stereocenters. The van der Waals surface area contributed by atoms with Gasteiger partial charge in [-0.3, -0.25) is 19.7 Å². The molecule has 72 heavy (non-hydrogen) atoms. The van der Waals surface area contributed by atoms with Crippen molar-refractivity contribution in [3.05, 3.63) is 116 Å². The van der Waals surface area contributed by atoms with Crippen molar-refractivity contribution in [3.63, 3.8) is 0 Å². The molecule has 1 aliphatic carbocycles. The first-order valence-electron chi connectivity index (χ1n) is 23.5. The van der Waals surface area contributed by atoms with Crippen LogP contribution in [0.5, 0.6) is 5.75 Å². The van der Waals surface area contributed by atoms with E-state index in [2.05, 4.69) is 88.1 Å². The summed E-state index contributed by atoms with van der Waals surface area (Å²) in [5, 5.41) is 29.8. The van der Waals surface area contributed by atoms with E-state index in [4.69, 9.17) is 19.8 Å². The van der Waals surface area contributed by atoms with Crippen LogP contribution < -0.4 is 30.9 Å². The number of nitrogens with one attached hydrogen (secondary N) is 5. The molecule has 2 fully saturated rings. The number of likely N-dealkylation sites (N-methyl/N-ethyl adjacent to an activating group) is 2. The molecule has 0 atom stereocenters. The van der Waals surface area contributed by atoms with E-state index in [0.29, 0.717) is 47.1 Å². The topological polar surface area (TPSA) is 214 Å². The van der Waals surface area contributed by atoms with Gasteiger partial charge in [-0.1, -0.05) is 13.0 Å². The van der Waals surface area contributed by atoms with Crippen LogP contribution >= 0.6 is 11.8 Å². The summed E-state index contributed by atoms with van der Waals surface area (Å²) in [6.45, 7) is 11.9. The van der Waals surface area contributed by atoms with Gasteiger partial charge in [-0.2, -0.15) is 5.10 Å². The van der Waals surface area contributed by atoms with E-state index in [9.17, 15) is 14.0 Å². The Morgan fingerprint density at radius 1 is 0.931 bits per heavy atom. The number of amides is 2. The van der Waals surface area contributed by atoms with E-state index in [1.807, 2.05) is 48.5 Å². The number of amidine groups is 1. The average Bonchev–Trinajstić information content (AvgIpc) is 4.00. The van der Waals surface area contributed by atoms with Gasteiger partial charge in [0.25, 0.3) is 0 Å². The zero-order valence-corrected chi connectivity index (χ0v) is 43.3. The van der Waals surface area contributed by atoms with Gasteiger partial charge >= 0.3 is 0 Å². The van der Waals surface area contributed by atoms with Crippen LogP contribution in [0.25, 0.3) is 10.9 Å². The van der Waals surface area contributed by atoms with Gasteiger partial charge in [-0.25, -0.2) is 24.3 Å². The van der Waals surface area contributed by atoms with Gasteiger partial charge in [0.2, 0.25) is 11.8 Å². The Morgan fingerprint density at radius 2 is 1.74 bits per heavy atom. The minimum Gasteiger partial charge on any atom is -0.493 e. The average molecular weight is 1040 g/mol. The van der Waals surface area contributed by atoms with E-state index in [-0.39, 0.29) is 56.7 Å². The molecule has 3 aliphatic rings. The first-order chi connectivity index (χ1) is 34.0. The normalized spacial score (nSPS) is 14.3. The second kappa shape index (κ2) is 26.9. The summed E-state index contributed by atoms with van der Waals surface area (Å²) in [6.07, 6.45) is 6.41. The Kier molecular flexibility index (Phi) is 20.5. The number of halogens is 1. The van der Waals surface area contributed by atoms with Crippen molar-refractivity contribution in [3.8, 4) is 5.75 Å². The second-order valence-electron chi connectivity index (χ2n) is 17.3. The molecule has 21 heteroatoms. The summed E-state index contributed by atoms with van der Waals surface area (Å²) in [7, 11) is 2.15. The molecule has 0 spiro atoms. The quantitative estimate of drug-likeness (QED) is 0.0264. The number of hydrogen-bond donors (Lipinski definition) is 6. The van der Waals surface area contributed by atoms with Crippen molar-refractivity contribution in [1.82, 2.24) is 39.9 Å². The van der Waals surface area contributed by atoms with Crippen LogP contribution in [0.15, 0.2) is 112 Å². The molecule has 2 aliphatic heterocycles. The number of benzene rings is 3. The maximum Gasteiger partial charge on any atom is 0.230 e. The van der Waals surface area contributed by atoms with Crippen LogP contribution in [0.2, 0.25) is 0 Å². The number of nitrogens with zero attached hydrogens (tertiary/aromatic N) is 9. The van der Waals surface area contributed by atoms with Gasteiger partial charge in [0.15, 0.2) is 11.0 Å². The number of rotatable bonds is 19. The fourth-order valence-corrected chi connectivity index (χ4v) is 8.38. The Morgan fingerprint density at radius 3 is 2.46 bits per heavy atom. The summed E-state index contributed by atoms with van der Waals surface area (Å²) in [6, 6.07) is 22.9. The number of aromatic amines is 1. The molecular weight excluding hydrogens is 975 g/mol. The van der Waals surface area contributed by atoms with Crippen molar-refractivity contribution in [2.75, 3.05) is 98.8 Å². The molecule has 9 rings (SSSR count). The Bertz CT molecular complexity index is 2800. The first-order valence-corrected chi connectivity index (χ1v) is 24.3. The van der Waals surface area contributed by atoms with Crippen molar-refractivity contribution in [2.24, 2.45) is 10.9 Å². The number of aromatic nitrogens is 6. The largest absolute Gasteiger partial charge is 0.493 e. The van der Waals surface area contributed by atoms with Gasteiger partial charge in [0.1, 0.15) is 41.2 Å². The van der Waals surface area contributed by atoms with Crippen molar-refractivity contribution >= 4 is 75.0 Å². The fourth-order valence-electron chi connectivity index (χ4n) is 7.62. The van der Waals surface area contributed by atoms with Crippen molar-refractivity contribution in [2.45, 2.75) is 49.6 Å². The van der Waals surface area contributed by atoms with E-state index in [1.54, 1.807) is 12.1 Å². The molecule has 6 aromatic rings. The predicted octanol–water partition coefficient (Wildman–Crippen LogP) is 7.45. The number of carbonyl (C=O) groups is 2. The van der Waals surface area contributed by atoms with E-state index < -0.39 is 5.82 Å². The molecule has 1 saturated heterocycles. The van der Waals surface area contributed by atoms with Crippen LogP contribution in [0.3, 0.4) is 0 Å². The molecule has 3 aromatic heterocycles. The smallest absolute Gasteiger partial charge is 0.230 e. The number of aliphatic hydroxyl groups excluding tert-OH is 1. The van der Waals surface area contributed by atoms with Crippen LogP contribution in [0, 0.1) is 19.2 Å². The standard InChI is InChI=1S/C26H30FN7O3.C24H29N7OS.CH3.V/c1-2-34(10-11-35)9-4-12-37-21-7-8-22-23(16-21)28-17-29-26(22)31-24-14-20(32-33-24)15-25(36)30-19-6-3-5-18(27)13-19;1-16-13-20(25-15-16)27-21-14-22(31-11-9-30(2)10-12-31)29-24(28-21)33-19-7-5-18(6-8-19)26-23(32)17-3-4-17;;/h3,5-8,13-14,16-17,35H,2,4,9-12,15H2,1H3,(H,30,36)(H2,28,29,31,32,33);5-8,13-14,17H,3-4,9-12,15H2,1-2H3,(H,26,32)(H,25,27,28,29);1H3;/q;;-1;. The number of carbonyl (C=O) groups excluding carboxylic acids is 2. The maximum atomic E-state index is 13.3. The molecule has 2 amide bonds. The van der Waals surface area contributed by atoms with Gasteiger partial charge in [-0.05, 0) is 118 Å². The van der Waals surface area contributed by atoms with Crippen LogP contribution in [0.1, 0.15) is 38.8 Å². The summed E-state index contributed by atoms with van der Waals surface area (Å²) in [5.41, 5.74) is 3.76. The number of aliphatic imine (C=N–C) groups is 1. The van der Waals surface area contributed by atoms with Gasteiger partial charge in [-0.15, -0.1) is 0 Å². The molecule has 379 valence electrons. The van der Waals surface area contributed by atoms with E-state index >= 15 is 0 Å². The number of piperazine rings is 1. The molecule has 1 radical (unpaired) electrons. The fraction of sp³-hybridized carbons (Fsp3) is 0.353. The van der Waals surface area contributed by atoms with Crippen LogP contribution in [-0.2, 0) is 34.6 Å². The van der Waals surface area contributed by atoms with E-state index in [0.717, 1.165) is 104 Å². The summed E-state index contributed by atoms with van der Waals surface area (Å²) < 4.78 is 19.2. The molecular formula is C51H62FN14O4SV-. The molecule has 0 bridgehead atoms. The molecule has 18 nitrogen and oxygen atoms in total.